The molecule has 0 aliphatic carbocycles. The van der Waals surface area contributed by atoms with Gasteiger partial charge in [-0.25, -0.2) is 0 Å². The third kappa shape index (κ3) is 3.43. The Morgan fingerprint density at radius 1 is 1.35 bits per heavy atom. The summed E-state index contributed by atoms with van der Waals surface area (Å²) in [4.78, 5) is 5.41. The van der Waals surface area contributed by atoms with E-state index in [1.54, 1.807) is 0 Å². The van der Waals surface area contributed by atoms with Crippen molar-refractivity contribution in [1.29, 1.82) is 0 Å². The number of hydrogen-bond acceptors (Lipinski definition) is 3. The van der Waals surface area contributed by atoms with E-state index in [0.717, 1.165) is 18.6 Å². The molecule has 0 aromatic heterocycles. The monoisotopic (exact) mass is 239 g/mol. The lowest BCUT2D eigenvalue weighted by Crippen LogP contribution is -2.55. The van der Waals surface area contributed by atoms with Crippen molar-refractivity contribution in [2.75, 3.05) is 32.7 Å². The van der Waals surface area contributed by atoms with Crippen molar-refractivity contribution in [3.63, 3.8) is 0 Å². The van der Waals surface area contributed by atoms with Gasteiger partial charge in [0.1, 0.15) is 0 Å². The molecule has 2 heterocycles. The fraction of sp³-hybridized carbons (Fsp3) is 1.00. The molecule has 3 heteroatoms. The number of nitrogens with zero attached hydrogens (tertiary/aromatic N) is 2. The molecule has 0 aromatic rings. The van der Waals surface area contributed by atoms with Gasteiger partial charge in [0.2, 0.25) is 0 Å². The zero-order chi connectivity index (χ0) is 12.3. The van der Waals surface area contributed by atoms with Gasteiger partial charge < -0.3 is 5.32 Å². The number of rotatable bonds is 5. The molecule has 2 aliphatic heterocycles. The molecule has 1 N–H and O–H groups in total. The second kappa shape index (κ2) is 6.17. The third-order valence-corrected chi connectivity index (χ3v) is 4.47. The molecule has 0 amide bonds. The van der Waals surface area contributed by atoms with Gasteiger partial charge in [-0.3, -0.25) is 9.80 Å². The summed E-state index contributed by atoms with van der Waals surface area (Å²) in [5.74, 6) is 0. The predicted molar refractivity (Wildman–Crippen MR) is 73.4 cm³/mol. The van der Waals surface area contributed by atoms with Crippen LogP contribution >= 0.6 is 0 Å². The molecule has 0 saturated carbocycles. The molecule has 100 valence electrons. The van der Waals surface area contributed by atoms with Gasteiger partial charge in [-0.1, -0.05) is 6.92 Å². The maximum Gasteiger partial charge on any atom is 0.0224 e. The summed E-state index contributed by atoms with van der Waals surface area (Å²) >= 11 is 0. The van der Waals surface area contributed by atoms with Crippen molar-refractivity contribution in [2.45, 2.75) is 58.2 Å². The molecular weight excluding hydrogens is 210 g/mol. The summed E-state index contributed by atoms with van der Waals surface area (Å²) in [5, 5.41) is 3.51. The Morgan fingerprint density at radius 3 is 2.94 bits per heavy atom. The maximum absolute atomic E-state index is 3.51. The second-order valence-corrected chi connectivity index (χ2v) is 5.88. The lowest BCUT2D eigenvalue weighted by atomic mass is 10.1. The first-order chi connectivity index (χ1) is 8.20. The normalized spacial score (nSPS) is 32.6. The zero-order valence-electron chi connectivity index (χ0n) is 11.8. The number of fused-ring (bicyclic) bond motifs is 1. The van der Waals surface area contributed by atoms with Crippen LogP contribution in [0, 0.1) is 0 Å². The minimum atomic E-state index is 0.661. The molecule has 17 heavy (non-hydrogen) atoms. The van der Waals surface area contributed by atoms with Crippen LogP contribution in [0.3, 0.4) is 0 Å². The van der Waals surface area contributed by atoms with Gasteiger partial charge >= 0.3 is 0 Å². The van der Waals surface area contributed by atoms with E-state index in [2.05, 4.69) is 35.9 Å². The fourth-order valence-electron chi connectivity index (χ4n) is 3.37. The van der Waals surface area contributed by atoms with Crippen molar-refractivity contribution < 1.29 is 0 Å². The molecular formula is C14H29N3. The summed E-state index contributed by atoms with van der Waals surface area (Å²) in [6, 6.07) is 2.27. The Balaban J connectivity index is 1.76. The summed E-state index contributed by atoms with van der Waals surface area (Å²) in [6.45, 7) is 13.2. The summed E-state index contributed by atoms with van der Waals surface area (Å²) in [5.41, 5.74) is 0. The Bertz CT molecular complexity index is 232. The standard InChI is InChI=1S/C14H29N3/c1-4-15-12(2)7-9-16-11-14-6-5-8-17(14)10-13(16)3/h12-15H,4-11H2,1-3H3. The SMILES string of the molecule is CCNC(C)CCN1CC2CCCN2CC1C. The van der Waals surface area contributed by atoms with Gasteiger partial charge in [-0.05, 0) is 46.2 Å². The van der Waals surface area contributed by atoms with Gasteiger partial charge in [0, 0.05) is 37.8 Å². The van der Waals surface area contributed by atoms with Crippen molar-refractivity contribution in [3.05, 3.63) is 0 Å². The summed E-state index contributed by atoms with van der Waals surface area (Å²) < 4.78 is 0. The highest BCUT2D eigenvalue weighted by atomic mass is 15.3. The van der Waals surface area contributed by atoms with E-state index in [-0.39, 0.29) is 0 Å². The van der Waals surface area contributed by atoms with Gasteiger partial charge in [0.15, 0.2) is 0 Å². The topological polar surface area (TPSA) is 18.5 Å². The van der Waals surface area contributed by atoms with Crippen LogP contribution < -0.4 is 5.32 Å². The van der Waals surface area contributed by atoms with Crippen molar-refractivity contribution in [3.8, 4) is 0 Å². The minimum absolute atomic E-state index is 0.661. The fourth-order valence-corrected chi connectivity index (χ4v) is 3.37. The lowest BCUT2D eigenvalue weighted by Gasteiger charge is -2.42. The molecule has 0 spiro atoms. The van der Waals surface area contributed by atoms with Crippen LogP contribution in [-0.2, 0) is 0 Å². The van der Waals surface area contributed by atoms with Crippen LogP contribution in [0.2, 0.25) is 0 Å². The Hall–Kier alpha value is -0.120. The molecule has 0 aromatic carbocycles. The first-order valence-electron chi connectivity index (χ1n) is 7.42. The Kier molecular flexibility index (Phi) is 4.83. The van der Waals surface area contributed by atoms with Gasteiger partial charge in [-0.2, -0.15) is 0 Å². The number of nitrogens with one attached hydrogen (secondary N) is 1. The highest BCUT2D eigenvalue weighted by Gasteiger charge is 2.33. The van der Waals surface area contributed by atoms with Crippen molar-refractivity contribution >= 4 is 0 Å². The highest BCUT2D eigenvalue weighted by molar-refractivity contribution is 4.90. The van der Waals surface area contributed by atoms with Gasteiger partial charge in [0.25, 0.3) is 0 Å². The zero-order valence-corrected chi connectivity index (χ0v) is 11.8. The van der Waals surface area contributed by atoms with E-state index >= 15 is 0 Å². The van der Waals surface area contributed by atoms with Crippen LogP contribution in [0.4, 0.5) is 0 Å². The molecule has 3 atom stereocenters. The van der Waals surface area contributed by atoms with Crippen LogP contribution in [0.5, 0.6) is 0 Å². The van der Waals surface area contributed by atoms with Crippen LogP contribution in [0.15, 0.2) is 0 Å². The van der Waals surface area contributed by atoms with E-state index in [1.165, 1.54) is 45.4 Å². The van der Waals surface area contributed by atoms with Crippen LogP contribution in [0.25, 0.3) is 0 Å². The first-order valence-corrected chi connectivity index (χ1v) is 7.42. The molecule has 3 unspecified atom stereocenters. The quantitative estimate of drug-likeness (QED) is 0.785. The molecule has 2 fully saturated rings. The first kappa shape index (κ1) is 13.3. The third-order valence-electron chi connectivity index (χ3n) is 4.47. The summed E-state index contributed by atoms with van der Waals surface area (Å²) in [6.07, 6.45) is 4.12. The second-order valence-electron chi connectivity index (χ2n) is 5.88. The molecule has 0 bridgehead atoms. The summed E-state index contributed by atoms with van der Waals surface area (Å²) in [7, 11) is 0. The van der Waals surface area contributed by atoms with Crippen LogP contribution in [0.1, 0.15) is 40.0 Å². The Labute approximate surface area is 107 Å². The number of hydrogen-bond donors (Lipinski definition) is 1. The highest BCUT2D eigenvalue weighted by Crippen LogP contribution is 2.24. The van der Waals surface area contributed by atoms with E-state index in [0.29, 0.717) is 6.04 Å². The molecule has 0 radical (unpaired) electrons. The van der Waals surface area contributed by atoms with Crippen molar-refractivity contribution in [2.24, 2.45) is 0 Å². The van der Waals surface area contributed by atoms with Crippen LogP contribution in [-0.4, -0.2) is 60.6 Å². The smallest absolute Gasteiger partial charge is 0.0224 e. The van der Waals surface area contributed by atoms with Gasteiger partial charge in [-0.15, -0.1) is 0 Å². The number of piperazine rings is 1. The van der Waals surface area contributed by atoms with E-state index < -0.39 is 0 Å². The lowest BCUT2D eigenvalue weighted by molar-refractivity contribution is 0.0571. The largest absolute Gasteiger partial charge is 0.314 e. The molecule has 2 aliphatic rings. The predicted octanol–water partition coefficient (Wildman–Crippen LogP) is 1.54. The molecule has 3 nitrogen and oxygen atoms in total. The van der Waals surface area contributed by atoms with E-state index in [1.807, 2.05) is 0 Å². The maximum atomic E-state index is 3.51. The molecule has 2 saturated heterocycles. The van der Waals surface area contributed by atoms with E-state index in [9.17, 15) is 0 Å². The van der Waals surface area contributed by atoms with Crippen molar-refractivity contribution in [1.82, 2.24) is 15.1 Å². The Morgan fingerprint density at radius 2 is 2.18 bits per heavy atom. The minimum Gasteiger partial charge on any atom is -0.314 e. The average Bonchev–Trinajstić information content (AvgIpc) is 2.73. The van der Waals surface area contributed by atoms with E-state index in [4.69, 9.17) is 0 Å². The molecule has 2 rings (SSSR count). The average molecular weight is 239 g/mol. The van der Waals surface area contributed by atoms with Gasteiger partial charge in [0.05, 0.1) is 0 Å².